The minimum Gasteiger partial charge on any atom is -0.396 e. The van der Waals surface area contributed by atoms with Gasteiger partial charge in [0, 0.05) is 12.1 Å². The van der Waals surface area contributed by atoms with Crippen molar-refractivity contribution in [3.63, 3.8) is 0 Å². The van der Waals surface area contributed by atoms with Crippen LogP contribution in [0, 0.1) is 10.8 Å². The Morgan fingerprint density at radius 1 is 1.00 bits per heavy atom. The van der Waals surface area contributed by atoms with E-state index in [0.29, 0.717) is 17.4 Å². The van der Waals surface area contributed by atoms with Gasteiger partial charge in [-0.15, -0.1) is 0 Å². The summed E-state index contributed by atoms with van der Waals surface area (Å²) < 4.78 is 0. The van der Waals surface area contributed by atoms with Gasteiger partial charge in [0.1, 0.15) is 0 Å². The van der Waals surface area contributed by atoms with E-state index in [9.17, 15) is 5.11 Å². The fourth-order valence-electron chi connectivity index (χ4n) is 4.29. The summed E-state index contributed by atoms with van der Waals surface area (Å²) in [7, 11) is 0. The Hall–Kier alpha value is -0.0800. The monoisotopic (exact) mass is 227 g/mol. The summed E-state index contributed by atoms with van der Waals surface area (Å²) in [5.74, 6) is 0. The molecule has 2 heteroatoms. The van der Waals surface area contributed by atoms with Crippen molar-refractivity contribution in [3.8, 4) is 0 Å². The van der Waals surface area contributed by atoms with E-state index in [-0.39, 0.29) is 5.54 Å². The zero-order valence-corrected chi connectivity index (χ0v) is 11.7. The molecule has 0 aromatic carbocycles. The number of hydrogen-bond acceptors (Lipinski definition) is 2. The minimum absolute atomic E-state index is 0.148. The van der Waals surface area contributed by atoms with Crippen molar-refractivity contribution in [2.75, 3.05) is 13.2 Å². The lowest BCUT2D eigenvalue weighted by Crippen LogP contribution is -2.55. The second-order valence-corrected chi connectivity index (χ2v) is 7.14. The average molecular weight is 227 g/mol. The molecular formula is C14H29NO. The number of rotatable bonds is 4. The van der Waals surface area contributed by atoms with Crippen LogP contribution in [0.2, 0.25) is 0 Å². The summed E-state index contributed by atoms with van der Waals surface area (Å²) in [6.45, 7) is 12.9. The first-order valence-electron chi connectivity index (χ1n) is 6.60. The van der Waals surface area contributed by atoms with Gasteiger partial charge in [-0.25, -0.2) is 0 Å². The molecular weight excluding hydrogens is 198 g/mol. The van der Waals surface area contributed by atoms with Gasteiger partial charge in [-0.2, -0.15) is 0 Å². The Labute approximate surface area is 101 Å². The highest BCUT2D eigenvalue weighted by atomic mass is 16.3. The molecule has 1 aliphatic rings. The zero-order chi connectivity index (χ0) is 12.4. The van der Waals surface area contributed by atoms with Crippen molar-refractivity contribution < 1.29 is 5.11 Å². The van der Waals surface area contributed by atoms with Gasteiger partial charge in [-0.3, -0.25) is 0 Å². The van der Waals surface area contributed by atoms with Crippen molar-refractivity contribution in [1.29, 1.82) is 0 Å². The second kappa shape index (κ2) is 4.66. The van der Waals surface area contributed by atoms with Crippen molar-refractivity contribution >= 4 is 0 Å². The van der Waals surface area contributed by atoms with E-state index in [1.54, 1.807) is 0 Å². The molecule has 0 aromatic heterocycles. The third-order valence-corrected chi connectivity index (χ3v) is 3.73. The van der Waals surface area contributed by atoms with Crippen molar-refractivity contribution in [2.45, 2.75) is 65.8 Å². The lowest BCUT2D eigenvalue weighted by atomic mass is 9.57. The van der Waals surface area contributed by atoms with Gasteiger partial charge in [0.25, 0.3) is 0 Å². The Kier molecular flexibility index (Phi) is 4.07. The van der Waals surface area contributed by atoms with Crippen molar-refractivity contribution in [3.05, 3.63) is 0 Å². The fraction of sp³-hybridized carbons (Fsp3) is 1.00. The molecule has 0 radical (unpaired) electrons. The quantitative estimate of drug-likeness (QED) is 0.774. The van der Waals surface area contributed by atoms with Crippen LogP contribution in [-0.2, 0) is 0 Å². The number of aliphatic hydroxyl groups is 1. The Bertz CT molecular complexity index is 209. The Morgan fingerprint density at radius 3 is 1.88 bits per heavy atom. The minimum atomic E-state index is 0.148. The van der Waals surface area contributed by atoms with Gasteiger partial charge >= 0.3 is 0 Å². The Balaban J connectivity index is 2.90. The molecule has 0 atom stereocenters. The topological polar surface area (TPSA) is 32.3 Å². The highest BCUT2D eigenvalue weighted by Gasteiger charge is 2.46. The van der Waals surface area contributed by atoms with Crippen LogP contribution in [0.5, 0.6) is 0 Å². The van der Waals surface area contributed by atoms with Crippen LogP contribution in [0.15, 0.2) is 0 Å². The van der Waals surface area contributed by atoms with Crippen LogP contribution in [0.1, 0.15) is 60.3 Å². The van der Waals surface area contributed by atoms with Gasteiger partial charge in [0.05, 0.1) is 0 Å². The van der Waals surface area contributed by atoms with E-state index in [1.165, 1.54) is 19.3 Å². The molecule has 0 bridgehead atoms. The van der Waals surface area contributed by atoms with Crippen molar-refractivity contribution in [2.24, 2.45) is 10.8 Å². The summed E-state index contributed by atoms with van der Waals surface area (Å²) in [4.78, 5) is 0. The molecule has 0 heterocycles. The third kappa shape index (κ3) is 3.46. The van der Waals surface area contributed by atoms with E-state index in [2.05, 4.69) is 39.9 Å². The van der Waals surface area contributed by atoms with E-state index in [1.807, 2.05) is 0 Å². The van der Waals surface area contributed by atoms with E-state index >= 15 is 0 Å². The first kappa shape index (κ1) is 14.0. The van der Waals surface area contributed by atoms with Crippen LogP contribution >= 0.6 is 0 Å². The molecule has 16 heavy (non-hydrogen) atoms. The van der Waals surface area contributed by atoms with Crippen LogP contribution in [0.3, 0.4) is 0 Å². The van der Waals surface area contributed by atoms with E-state index in [4.69, 9.17) is 0 Å². The van der Waals surface area contributed by atoms with Gasteiger partial charge in [-0.05, 0) is 43.1 Å². The predicted molar refractivity (Wildman–Crippen MR) is 69.5 cm³/mol. The first-order chi connectivity index (χ1) is 7.24. The lowest BCUT2D eigenvalue weighted by Gasteiger charge is -2.52. The van der Waals surface area contributed by atoms with Crippen LogP contribution < -0.4 is 5.32 Å². The lowest BCUT2D eigenvalue weighted by molar-refractivity contribution is 0.0162. The third-order valence-electron chi connectivity index (χ3n) is 3.73. The maximum atomic E-state index is 9.31. The molecule has 0 aliphatic heterocycles. The normalized spacial score (nSPS) is 26.6. The standard InChI is InChI=1S/C14H29NO/c1-6-15-14(7-8-16)10-12(2,3)9-13(4,5)11-14/h15-16H,6-11H2,1-5H3. The molecule has 0 spiro atoms. The van der Waals surface area contributed by atoms with Gasteiger partial charge in [-0.1, -0.05) is 34.6 Å². The summed E-state index contributed by atoms with van der Waals surface area (Å²) in [5.41, 5.74) is 0.896. The first-order valence-corrected chi connectivity index (χ1v) is 6.60. The molecule has 0 saturated heterocycles. The maximum Gasteiger partial charge on any atom is 0.0448 e. The molecule has 1 saturated carbocycles. The summed E-state index contributed by atoms with van der Waals surface area (Å²) in [6, 6.07) is 0. The van der Waals surface area contributed by atoms with Gasteiger partial charge < -0.3 is 10.4 Å². The predicted octanol–water partition coefficient (Wildman–Crippen LogP) is 2.95. The molecule has 2 nitrogen and oxygen atoms in total. The Morgan fingerprint density at radius 2 is 1.50 bits per heavy atom. The highest BCUT2D eigenvalue weighted by molar-refractivity contribution is 5.02. The molecule has 0 amide bonds. The van der Waals surface area contributed by atoms with Gasteiger partial charge in [0.2, 0.25) is 0 Å². The fourth-order valence-corrected chi connectivity index (χ4v) is 4.29. The van der Waals surface area contributed by atoms with Crippen LogP contribution in [-0.4, -0.2) is 23.8 Å². The zero-order valence-electron chi connectivity index (χ0n) is 11.7. The summed E-state index contributed by atoms with van der Waals surface area (Å²) in [6.07, 6.45) is 4.52. The van der Waals surface area contributed by atoms with Crippen molar-refractivity contribution in [1.82, 2.24) is 5.32 Å². The average Bonchev–Trinajstić information content (AvgIpc) is 1.97. The van der Waals surface area contributed by atoms with Crippen LogP contribution in [0.25, 0.3) is 0 Å². The summed E-state index contributed by atoms with van der Waals surface area (Å²) >= 11 is 0. The number of aliphatic hydroxyl groups excluding tert-OH is 1. The highest BCUT2D eigenvalue weighted by Crippen LogP contribution is 2.51. The number of hydrogen-bond donors (Lipinski definition) is 2. The molecule has 1 aliphatic carbocycles. The molecule has 1 rings (SSSR count). The molecule has 96 valence electrons. The number of nitrogens with one attached hydrogen (secondary N) is 1. The van der Waals surface area contributed by atoms with E-state index in [0.717, 1.165) is 13.0 Å². The SMILES string of the molecule is CCNC1(CCO)CC(C)(C)CC(C)(C)C1. The second-order valence-electron chi connectivity index (χ2n) is 7.14. The smallest absolute Gasteiger partial charge is 0.0448 e. The molecule has 2 N–H and O–H groups in total. The molecule has 0 aromatic rings. The summed E-state index contributed by atoms with van der Waals surface area (Å²) in [5, 5.41) is 13.0. The molecule has 0 unspecified atom stereocenters. The van der Waals surface area contributed by atoms with E-state index < -0.39 is 0 Å². The molecule has 1 fully saturated rings. The van der Waals surface area contributed by atoms with Gasteiger partial charge in [0.15, 0.2) is 0 Å². The maximum absolute atomic E-state index is 9.31. The van der Waals surface area contributed by atoms with Crippen LogP contribution in [0.4, 0.5) is 0 Å². The largest absolute Gasteiger partial charge is 0.396 e.